The molecule has 1 aromatic rings. The molecular formula is C16H19F4NO3. The standard InChI is InChI=1S/C16H19F4NO3/c1-10-12(15(22)23)3-2-6-21(10)8-11-4-5-14(13(17)7-11)24-9-16(18,19)20/h4-5,7,10,12H,2-3,6,8-9H2,1H3,(H,22,23)/t10-,12-/m1/s1. The average Bonchev–Trinajstić information content (AvgIpc) is 2.47. The maximum Gasteiger partial charge on any atom is 0.422 e. The van der Waals surface area contributed by atoms with E-state index in [-0.39, 0.29) is 6.04 Å². The van der Waals surface area contributed by atoms with Crippen molar-refractivity contribution in [3.8, 4) is 5.75 Å². The Kier molecular flexibility index (Phi) is 5.69. The number of likely N-dealkylation sites (tertiary alicyclic amines) is 1. The van der Waals surface area contributed by atoms with E-state index < -0.39 is 36.2 Å². The van der Waals surface area contributed by atoms with Crippen molar-refractivity contribution in [2.45, 2.75) is 38.5 Å². The van der Waals surface area contributed by atoms with Crippen LogP contribution in [-0.2, 0) is 11.3 Å². The molecule has 2 rings (SSSR count). The van der Waals surface area contributed by atoms with Gasteiger partial charge < -0.3 is 9.84 Å². The number of hydrogen-bond donors (Lipinski definition) is 1. The molecule has 0 aliphatic carbocycles. The third kappa shape index (κ3) is 4.83. The number of rotatable bonds is 5. The van der Waals surface area contributed by atoms with Crippen LogP contribution >= 0.6 is 0 Å². The smallest absolute Gasteiger partial charge is 0.422 e. The molecule has 1 saturated heterocycles. The number of hydrogen-bond acceptors (Lipinski definition) is 3. The molecule has 0 unspecified atom stereocenters. The summed E-state index contributed by atoms with van der Waals surface area (Å²) in [4.78, 5) is 13.2. The van der Waals surface area contributed by atoms with Crippen LogP contribution < -0.4 is 4.74 Å². The number of carboxylic acid groups (broad SMARTS) is 1. The third-order valence-electron chi connectivity index (χ3n) is 4.21. The number of aliphatic carboxylic acids is 1. The summed E-state index contributed by atoms with van der Waals surface area (Å²) < 4.78 is 54.6. The van der Waals surface area contributed by atoms with Gasteiger partial charge in [-0.2, -0.15) is 13.2 Å². The van der Waals surface area contributed by atoms with E-state index in [1.54, 1.807) is 0 Å². The van der Waals surface area contributed by atoms with Crippen molar-refractivity contribution >= 4 is 5.97 Å². The highest BCUT2D eigenvalue weighted by Crippen LogP contribution is 2.27. The van der Waals surface area contributed by atoms with Crippen molar-refractivity contribution in [3.05, 3.63) is 29.6 Å². The fourth-order valence-corrected chi connectivity index (χ4v) is 2.92. The molecule has 1 aliphatic heterocycles. The van der Waals surface area contributed by atoms with Crippen LogP contribution in [0.25, 0.3) is 0 Å². The lowest BCUT2D eigenvalue weighted by atomic mass is 9.90. The summed E-state index contributed by atoms with van der Waals surface area (Å²) in [6.07, 6.45) is -3.19. The van der Waals surface area contributed by atoms with Crippen LogP contribution in [0.2, 0.25) is 0 Å². The van der Waals surface area contributed by atoms with Gasteiger partial charge >= 0.3 is 12.1 Å². The summed E-state index contributed by atoms with van der Waals surface area (Å²) in [6, 6.07) is 3.59. The van der Waals surface area contributed by atoms with Crippen molar-refractivity contribution in [2.75, 3.05) is 13.2 Å². The van der Waals surface area contributed by atoms with Crippen LogP contribution in [0.5, 0.6) is 5.75 Å². The minimum absolute atomic E-state index is 0.194. The van der Waals surface area contributed by atoms with Gasteiger partial charge in [-0.1, -0.05) is 6.07 Å². The van der Waals surface area contributed by atoms with E-state index in [2.05, 4.69) is 4.74 Å². The number of halogens is 4. The predicted octanol–water partition coefficient (Wildman–Crippen LogP) is 3.45. The van der Waals surface area contributed by atoms with Crippen LogP contribution in [0, 0.1) is 11.7 Å². The van der Waals surface area contributed by atoms with Crippen LogP contribution in [0.15, 0.2) is 18.2 Å². The zero-order valence-corrected chi connectivity index (χ0v) is 13.1. The number of ether oxygens (including phenoxy) is 1. The monoisotopic (exact) mass is 349 g/mol. The van der Waals surface area contributed by atoms with Crippen LogP contribution in [-0.4, -0.2) is 41.3 Å². The van der Waals surface area contributed by atoms with E-state index in [9.17, 15) is 27.5 Å². The highest BCUT2D eigenvalue weighted by atomic mass is 19.4. The zero-order chi connectivity index (χ0) is 17.9. The fraction of sp³-hybridized carbons (Fsp3) is 0.562. The lowest BCUT2D eigenvalue weighted by molar-refractivity contribution is -0.153. The summed E-state index contributed by atoms with van der Waals surface area (Å²) in [5.74, 6) is -2.64. The van der Waals surface area contributed by atoms with Gasteiger partial charge in [0.2, 0.25) is 0 Å². The number of carboxylic acids is 1. The Balaban J connectivity index is 2.02. The van der Waals surface area contributed by atoms with Gasteiger partial charge in [-0.3, -0.25) is 9.69 Å². The predicted molar refractivity (Wildman–Crippen MR) is 78.2 cm³/mol. The van der Waals surface area contributed by atoms with Gasteiger partial charge in [0.25, 0.3) is 0 Å². The molecule has 0 aromatic heterocycles. The normalized spacial score (nSPS) is 22.4. The Morgan fingerprint density at radius 3 is 2.71 bits per heavy atom. The quantitative estimate of drug-likeness (QED) is 0.828. The first kappa shape index (κ1) is 18.5. The molecule has 8 heteroatoms. The van der Waals surface area contributed by atoms with Gasteiger partial charge in [-0.25, -0.2) is 4.39 Å². The number of carbonyl (C=O) groups is 1. The Morgan fingerprint density at radius 2 is 2.12 bits per heavy atom. The molecule has 1 N–H and O–H groups in total. The molecule has 0 bridgehead atoms. The number of benzene rings is 1. The van der Waals surface area contributed by atoms with Crippen LogP contribution in [0.3, 0.4) is 0 Å². The first-order valence-electron chi connectivity index (χ1n) is 7.62. The van der Waals surface area contributed by atoms with E-state index in [0.717, 1.165) is 12.5 Å². The maximum atomic E-state index is 13.9. The Morgan fingerprint density at radius 1 is 1.42 bits per heavy atom. The lowest BCUT2D eigenvalue weighted by Crippen LogP contribution is -2.45. The van der Waals surface area contributed by atoms with Crippen LogP contribution in [0.4, 0.5) is 17.6 Å². The molecule has 1 aliphatic rings. The largest absolute Gasteiger partial charge is 0.481 e. The summed E-state index contributed by atoms with van der Waals surface area (Å²) in [6.45, 7) is 1.29. The number of nitrogens with zero attached hydrogens (tertiary/aromatic N) is 1. The molecule has 2 atom stereocenters. The highest BCUT2D eigenvalue weighted by molar-refractivity contribution is 5.70. The topological polar surface area (TPSA) is 49.8 Å². The van der Waals surface area contributed by atoms with E-state index >= 15 is 0 Å². The van der Waals surface area contributed by atoms with E-state index in [1.165, 1.54) is 12.1 Å². The molecule has 0 amide bonds. The van der Waals surface area contributed by atoms with E-state index in [0.29, 0.717) is 25.1 Å². The zero-order valence-electron chi connectivity index (χ0n) is 13.1. The van der Waals surface area contributed by atoms with Gasteiger partial charge in [0.05, 0.1) is 5.92 Å². The van der Waals surface area contributed by atoms with Gasteiger partial charge in [-0.15, -0.1) is 0 Å². The summed E-state index contributed by atoms with van der Waals surface area (Å²) in [5.41, 5.74) is 0.560. The van der Waals surface area contributed by atoms with Gasteiger partial charge in [0.1, 0.15) is 0 Å². The first-order chi connectivity index (χ1) is 11.2. The summed E-state index contributed by atoms with van der Waals surface area (Å²) in [7, 11) is 0. The molecule has 0 saturated carbocycles. The van der Waals surface area contributed by atoms with Crippen molar-refractivity contribution in [1.29, 1.82) is 0 Å². The minimum atomic E-state index is -4.53. The summed E-state index contributed by atoms with van der Waals surface area (Å²) >= 11 is 0. The fourth-order valence-electron chi connectivity index (χ4n) is 2.92. The Bertz CT molecular complexity index is 591. The molecule has 0 radical (unpaired) electrons. The van der Waals surface area contributed by atoms with Crippen molar-refractivity contribution in [2.24, 2.45) is 5.92 Å². The number of piperidine rings is 1. The molecular weight excluding hydrogens is 330 g/mol. The Hall–Kier alpha value is -1.83. The van der Waals surface area contributed by atoms with Crippen molar-refractivity contribution < 1.29 is 32.2 Å². The molecule has 24 heavy (non-hydrogen) atoms. The highest BCUT2D eigenvalue weighted by Gasteiger charge is 2.33. The lowest BCUT2D eigenvalue weighted by Gasteiger charge is -2.37. The molecule has 1 aromatic carbocycles. The Labute approximate surface area is 137 Å². The second kappa shape index (κ2) is 7.38. The van der Waals surface area contributed by atoms with E-state index in [1.807, 2.05) is 11.8 Å². The molecule has 0 spiro atoms. The van der Waals surface area contributed by atoms with Crippen molar-refractivity contribution in [1.82, 2.24) is 4.90 Å². The van der Waals surface area contributed by atoms with E-state index in [4.69, 9.17) is 0 Å². The third-order valence-corrected chi connectivity index (χ3v) is 4.21. The molecule has 4 nitrogen and oxygen atoms in total. The minimum Gasteiger partial charge on any atom is -0.481 e. The van der Waals surface area contributed by atoms with Crippen LogP contribution in [0.1, 0.15) is 25.3 Å². The second-order valence-electron chi connectivity index (χ2n) is 5.97. The molecule has 1 heterocycles. The van der Waals surface area contributed by atoms with Crippen molar-refractivity contribution in [3.63, 3.8) is 0 Å². The number of alkyl halides is 3. The summed E-state index contributed by atoms with van der Waals surface area (Å²) in [5, 5.41) is 9.20. The van der Waals surface area contributed by atoms with Gasteiger partial charge in [-0.05, 0) is 44.0 Å². The average molecular weight is 349 g/mol. The second-order valence-corrected chi connectivity index (χ2v) is 5.97. The van der Waals surface area contributed by atoms with Gasteiger partial charge in [0, 0.05) is 12.6 Å². The SMILES string of the molecule is C[C@@H]1[C@H](C(=O)O)CCCN1Cc1ccc(OCC(F)(F)F)c(F)c1. The maximum absolute atomic E-state index is 13.9. The molecule has 1 fully saturated rings. The first-order valence-corrected chi connectivity index (χ1v) is 7.62. The molecule has 134 valence electrons. The van der Waals surface area contributed by atoms with Gasteiger partial charge in [0.15, 0.2) is 18.2 Å².